The first-order valence-corrected chi connectivity index (χ1v) is 6.66. The topological polar surface area (TPSA) is 70.1 Å². The van der Waals surface area contributed by atoms with E-state index < -0.39 is 5.97 Å². The number of anilines is 1. The van der Waals surface area contributed by atoms with Gasteiger partial charge in [0.15, 0.2) is 5.69 Å². The average Bonchev–Trinajstić information content (AvgIpc) is 2.75. The fraction of sp³-hybridized carbons (Fsp3) is 0.231. The Balaban J connectivity index is 2.74. The average molecular weight is 314 g/mol. The second-order valence-electron chi connectivity index (χ2n) is 4.01. The Morgan fingerprint density at radius 3 is 2.50 bits per heavy atom. The highest BCUT2D eigenvalue weighted by molar-refractivity contribution is 6.37. The number of esters is 1. The number of imidazole rings is 1. The number of hydrogen-bond acceptors (Lipinski definition) is 4. The van der Waals surface area contributed by atoms with Gasteiger partial charge >= 0.3 is 5.97 Å². The van der Waals surface area contributed by atoms with Gasteiger partial charge in [0.25, 0.3) is 0 Å². The first-order valence-electron chi connectivity index (χ1n) is 5.91. The van der Waals surface area contributed by atoms with Crippen molar-refractivity contribution in [2.75, 3.05) is 12.8 Å². The number of aromatic nitrogens is 2. The van der Waals surface area contributed by atoms with Gasteiger partial charge in [0.05, 0.1) is 22.8 Å². The van der Waals surface area contributed by atoms with Crippen LogP contribution in [0.1, 0.15) is 23.2 Å². The van der Waals surface area contributed by atoms with Crippen molar-refractivity contribution >= 4 is 35.0 Å². The van der Waals surface area contributed by atoms with Gasteiger partial charge in [-0.3, -0.25) is 4.57 Å². The number of ether oxygens (including phenoxy) is 1. The maximum atomic E-state index is 11.7. The van der Waals surface area contributed by atoms with E-state index in [9.17, 15) is 4.79 Å². The van der Waals surface area contributed by atoms with E-state index in [1.807, 2.05) is 6.92 Å². The third kappa shape index (κ3) is 2.34. The van der Waals surface area contributed by atoms with E-state index in [1.54, 1.807) is 22.8 Å². The molecule has 1 aromatic carbocycles. The highest BCUT2D eigenvalue weighted by Gasteiger charge is 2.23. The summed E-state index contributed by atoms with van der Waals surface area (Å²) in [6.45, 7) is 1.89. The number of halogens is 2. The van der Waals surface area contributed by atoms with E-state index in [1.165, 1.54) is 7.11 Å². The number of hydrogen-bond donors (Lipinski definition) is 1. The lowest BCUT2D eigenvalue weighted by atomic mass is 10.3. The molecule has 7 heteroatoms. The quantitative estimate of drug-likeness (QED) is 0.884. The molecule has 0 aliphatic rings. The molecule has 2 aromatic rings. The molecule has 20 heavy (non-hydrogen) atoms. The van der Waals surface area contributed by atoms with Crippen LogP contribution in [0.3, 0.4) is 0 Å². The van der Waals surface area contributed by atoms with Crippen molar-refractivity contribution in [3.8, 4) is 5.69 Å². The van der Waals surface area contributed by atoms with Crippen LogP contribution in [-0.2, 0) is 11.2 Å². The second kappa shape index (κ2) is 5.73. The molecular weight excluding hydrogens is 301 g/mol. The molecule has 0 amide bonds. The fourth-order valence-electron chi connectivity index (χ4n) is 1.92. The summed E-state index contributed by atoms with van der Waals surface area (Å²) >= 11 is 12.4. The van der Waals surface area contributed by atoms with Gasteiger partial charge in [-0.1, -0.05) is 36.2 Å². The molecule has 106 valence electrons. The Bertz CT molecular complexity index is 648. The molecule has 0 aliphatic heterocycles. The van der Waals surface area contributed by atoms with Gasteiger partial charge in [-0.25, -0.2) is 9.78 Å². The highest BCUT2D eigenvalue weighted by atomic mass is 35.5. The lowest BCUT2D eigenvalue weighted by Crippen LogP contribution is -2.08. The predicted molar refractivity (Wildman–Crippen MR) is 78.7 cm³/mol. The molecule has 0 atom stereocenters. The number of aryl methyl sites for hydroxylation is 1. The third-order valence-corrected chi connectivity index (χ3v) is 3.45. The van der Waals surface area contributed by atoms with Crippen molar-refractivity contribution in [3.63, 3.8) is 0 Å². The standard InChI is InChI=1S/C13H13Cl2N3O2/c1-3-9-17-10(13(19)20-2)12(16)18(9)11-7(14)5-4-6-8(11)15/h4-6H,3,16H2,1-2H3. The number of methoxy groups -OCH3 is 1. The summed E-state index contributed by atoms with van der Waals surface area (Å²) in [6, 6.07) is 5.12. The Morgan fingerprint density at radius 1 is 1.40 bits per heavy atom. The molecule has 2 rings (SSSR count). The number of nitrogen functional groups attached to an aromatic ring is 1. The van der Waals surface area contributed by atoms with Crippen LogP contribution in [0.25, 0.3) is 5.69 Å². The van der Waals surface area contributed by atoms with Gasteiger partial charge in [-0.2, -0.15) is 0 Å². The Hall–Kier alpha value is -1.72. The van der Waals surface area contributed by atoms with Gasteiger partial charge in [0.2, 0.25) is 0 Å². The van der Waals surface area contributed by atoms with Crippen LogP contribution in [-0.4, -0.2) is 22.6 Å². The molecule has 0 saturated heterocycles. The number of para-hydroxylation sites is 1. The van der Waals surface area contributed by atoms with Gasteiger partial charge in [-0.15, -0.1) is 0 Å². The fourth-order valence-corrected chi connectivity index (χ4v) is 2.48. The monoisotopic (exact) mass is 313 g/mol. The smallest absolute Gasteiger partial charge is 0.360 e. The molecule has 0 unspecified atom stereocenters. The van der Waals surface area contributed by atoms with Crippen molar-refractivity contribution in [1.82, 2.24) is 9.55 Å². The number of nitrogens with two attached hydrogens (primary N) is 1. The van der Waals surface area contributed by atoms with Crippen molar-refractivity contribution in [3.05, 3.63) is 39.8 Å². The first-order chi connectivity index (χ1) is 9.51. The normalized spacial score (nSPS) is 10.6. The van der Waals surface area contributed by atoms with Crippen LogP contribution in [0.15, 0.2) is 18.2 Å². The Labute approximate surface area is 126 Å². The third-order valence-electron chi connectivity index (χ3n) is 2.84. The largest absolute Gasteiger partial charge is 0.464 e. The van der Waals surface area contributed by atoms with Crippen molar-refractivity contribution in [2.24, 2.45) is 0 Å². The van der Waals surface area contributed by atoms with Crippen molar-refractivity contribution in [2.45, 2.75) is 13.3 Å². The molecular formula is C13H13Cl2N3O2. The summed E-state index contributed by atoms with van der Waals surface area (Å²) in [7, 11) is 1.27. The zero-order chi connectivity index (χ0) is 14.9. The van der Waals surface area contributed by atoms with Crippen LogP contribution in [0.2, 0.25) is 10.0 Å². The van der Waals surface area contributed by atoms with E-state index in [4.69, 9.17) is 28.9 Å². The van der Waals surface area contributed by atoms with E-state index >= 15 is 0 Å². The predicted octanol–water partition coefficient (Wildman–Crippen LogP) is 3.11. The maximum Gasteiger partial charge on any atom is 0.360 e. The van der Waals surface area contributed by atoms with Crippen molar-refractivity contribution in [1.29, 1.82) is 0 Å². The molecule has 0 aliphatic carbocycles. The zero-order valence-corrected chi connectivity index (χ0v) is 12.5. The number of carbonyl (C=O) groups excluding carboxylic acids is 1. The van der Waals surface area contributed by atoms with Crippen LogP contribution < -0.4 is 5.73 Å². The number of carbonyl (C=O) groups is 1. The summed E-state index contributed by atoms with van der Waals surface area (Å²) in [5.74, 6) is 0.140. The van der Waals surface area contributed by atoms with E-state index in [0.717, 1.165) is 0 Å². The minimum absolute atomic E-state index is 0.0559. The Morgan fingerprint density at radius 2 is 2.00 bits per heavy atom. The number of rotatable bonds is 3. The SMILES string of the molecule is CCc1nc(C(=O)OC)c(N)n1-c1c(Cl)cccc1Cl. The molecule has 1 heterocycles. The van der Waals surface area contributed by atoms with Crippen LogP contribution in [0, 0.1) is 0 Å². The summed E-state index contributed by atoms with van der Waals surface area (Å²) in [4.78, 5) is 15.9. The summed E-state index contributed by atoms with van der Waals surface area (Å²) in [5.41, 5.74) is 6.57. The summed E-state index contributed by atoms with van der Waals surface area (Å²) in [6.07, 6.45) is 0.558. The first kappa shape index (κ1) is 14.7. The minimum Gasteiger partial charge on any atom is -0.464 e. The van der Waals surface area contributed by atoms with Gasteiger partial charge in [0, 0.05) is 6.42 Å². The molecule has 0 fully saturated rings. The highest BCUT2D eigenvalue weighted by Crippen LogP contribution is 2.32. The number of benzene rings is 1. The number of nitrogens with zero attached hydrogens (tertiary/aromatic N) is 2. The summed E-state index contributed by atoms with van der Waals surface area (Å²) in [5, 5.41) is 0.848. The summed E-state index contributed by atoms with van der Waals surface area (Å²) < 4.78 is 6.25. The van der Waals surface area contributed by atoms with E-state index in [0.29, 0.717) is 28.0 Å². The van der Waals surface area contributed by atoms with Crippen LogP contribution in [0.4, 0.5) is 5.82 Å². The van der Waals surface area contributed by atoms with Crippen molar-refractivity contribution < 1.29 is 9.53 Å². The lowest BCUT2D eigenvalue weighted by Gasteiger charge is -2.12. The van der Waals surface area contributed by atoms with Gasteiger partial charge in [0.1, 0.15) is 11.6 Å². The molecule has 1 aromatic heterocycles. The molecule has 5 nitrogen and oxygen atoms in total. The maximum absolute atomic E-state index is 11.7. The van der Waals surface area contributed by atoms with Crippen LogP contribution >= 0.6 is 23.2 Å². The molecule has 0 saturated carbocycles. The van der Waals surface area contributed by atoms with Crippen LogP contribution in [0.5, 0.6) is 0 Å². The van der Waals surface area contributed by atoms with Gasteiger partial charge < -0.3 is 10.5 Å². The van der Waals surface area contributed by atoms with Gasteiger partial charge in [-0.05, 0) is 12.1 Å². The molecule has 0 spiro atoms. The lowest BCUT2D eigenvalue weighted by molar-refractivity contribution is 0.0596. The van der Waals surface area contributed by atoms with E-state index in [2.05, 4.69) is 9.72 Å². The second-order valence-corrected chi connectivity index (χ2v) is 4.83. The zero-order valence-electron chi connectivity index (χ0n) is 11.0. The molecule has 0 bridgehead atoms. The van der Waals surface area contributed by atoms with E-state index in [-0.39, 0.29) is 11.5 Å². The molecule has 2 N–H and O–H groups in total. The molecule has 0 radical (unpaired) electrons. The minimum atomic E-state index is -0.598. The Kier molecular flexibility index (Phi) is 4.20.